The number of rotatable bonds is 9. The third-order valence-corrected chi connectivity index (χ3v) is 6.27. The number of carbonyl (C=O) groups excluding carboxylic acids is 2. The third-order valence-electron chi connectivity index (χ3n) is 5.96. The van der Waals surface area contributed by atoms with Crippen LogP contribution in [0.2, 0.25) is 5.02 Å². The number of hydrogen-bond acceptors (Lipinski definition) is 3. The van der Waals surface area contributed by atoms with Gasteiger partial charge in [-0.2, -0.15) is 0 Å². The van der Waals surface area contributed by atoms with E-state index in [0.717, 1.165) is 36.8 Å². The number of nitrogens with zero attached hydrogens (tertiary/aromatic N) is 1. The summed E-state index contributed by atoms with van der Waals surface area (Å²) in [5.41, 5.74) is 2.10. The van der Waals surface area contributed by atoms with Crippen LogP contribution >= 0.6 is 11.6 Å². The summed E-state index contributed by atoms with van der Waals surface area (Å²) in [7, 11) is 0. The molecule has 2 aromatic rings. The molecule has 3 rings (SSSR count). The van der Waals surface area contributed by atoms with Crippen molar-refractivity contribution in [2.24, 2.45) is 0 Å². The van der Waals surface area contributed by atoms with Crippen molar-refractivity contribution in [1.29, 1.82) is 0 Å². The normalized spacial score (nSPS) is 15.1. The fourth-order valence-corrected chi connectivity index (χ4v) is 4.45. The first-order valence-corrected chi connectivity index (χ1v) is 11.9. The summed E-state index contributed by atoms with van der Waals surface area (Å²) in [6, 6.07) is 14.7. The van der Waals surface area contributed by atoms with Gasteiger partial charge in [-0.15, -0.1) is 0 Å². The Morgan fingerprint density at radius 2 is 1.88 bits per heavy atom. The van der Waals surface area contributed by atoms with Crippen molar-refractivity contribution < 1.29 is 14.3 Å². The third kappa shape index (κ3) is 6.73. The maximum absolute atomic E-state index is 13.3. The highest BCUT2D eigenvalue weighted by Crippen LogP contribution is 2.24. The Labute approximate surface area is 196 Å². The molecule has 172 valence electrons. The van der Waals surface area contributed by atoms with Crippen LogP contribution in [-0.2, 0) is 16.1 Å². The van der Waals surface area contributed by atoms with Gasteiger partial charge in [0.15, 0.2) is 6.61 Å². The van der Waals surface area contributed by atoms with Gasteiger partial charge in [-0.05, 0) is 43.9 Å². The van der Waals surface area contributed by atoms with Gasteiger partial charge in [-0.25, -0.2) is 0 Å². The molecule has 6 heteroatoms. The topological polar surface area (TPSA) is 58.6 Å². The summed E-state index contributed by atoms with van der Waals surface area (Å²) >= 11 is 6.17. The first-order valence-electron chi connectivity index (χ1n) is 11.5. The van der Waals surface area contributed by atoms with Crippen molar-refractivity contribution in [3.05, 3.63) is 64.7 Å². The van der Waals surface area contributed by atoms with E-state index in [0.29, 0.717) is 23.7 Å². The fourth-order valence-electron chi connectivity index (χ4n) is 4.26. The van der Waals surface area contributed by atoms with E-state index >= 15 is 0 Å². The molecule has 0 saturated heterocycles. The van der Waals surface area contributed by atoms with E-state index in [-0.39, 0.29) is 24.5 Å². The molecule has 5 nitrogen and oxygen atoms in total. The van der Waals surface area contributed by atoms with Gasteiger partial charge in [0.2, 0.25) is 5.91 Å². The summed E-state index contributed by atoms with van der Waals surface area (Å²) in [6.07, 6.45) is 6.04. The van der Waals surface area contributed by atoms with Gasteiger partial charge in [0.1, 0.15) is 11.8 Å². The lowest BCUT2D eigenvalue weighted by Crippen LogP contribution is -2.52. The van der Waals surface area contributed by atoms with E-state index < -0.39 is 6.04 Å². The molecule has 0 spiro atoms. The monoisotopic (exact) mass is 456 g/mol. The molecule has 1 aliphatic carbocycles. The van der Waals surface area contributed by atoms with Crippen LogP contribution in [0.4, 0.5) is 0 Å². The number of aryl methyl sites for hydroxylation is 1. The molecule has 0 radical (unpaired) electrons. The second kappa shape index (κ2) is 11.9. The van der Waals surface area contributed by atoms with Crippen LogP contribution < -0.4 is 10.1 Å². The van der Waals surface area contributed by atoms with Gasteiger partial charge in [-0.1, -0.05) is 79.7 Å². The second-order valence-corrected chi connectivity index (χ2v) is 8.90. The molecule has 1 saturated carbocycles. The summed E-state index contributed by atoms with van der Waals surface area (Å²) in [5, 5.41) is 3.64. The number of amides is 2. The van der Waals surface area contributed by atoms with Crippen LogP contribution in [0.15, 0.2) is 48.5 Å². The number of para-hydroxylation sites is 1. The molecule has 0 heterocycles. The number of carbonyl (C=O) groups is 2. The van der Waals surface area contributed by atoms with Gasteiger partial charge in [0, 0.05) is 12.6 Å². The maximum Gasteiger partial charge on any atom is 0.261 e. The van der Waals surface area contributed by atoms with Crippen LogP contribution in [0, 0.1) is 6.92 Å². The Balaban J connectivity index is 1.76. The highest BCUT2D eigenvalue weighted by Gasteiger charge is 2.30. The van der Waals surface area contributed by atoms with Crippen LogP contribution in [0.25, 0.3) is 0 Å². The molecule has 0 aliphatic heterocycles. The van der Waals surface area contributed by atoms with Crippen molar-refractivity contribution in [3.63, 3.8) is 0 Å². The highest BCUT2D eigenvalue weighted by atomic mass is 35.5. The molecule has 1 fully saturated rings. The lowest BCUT2D eigenvalue weighted by Gasteiger charge is -2.32. The van der Waals surface area contributed by atoms with Crippen molar-refractivity contribution >= 4 is 23.4 Å². The predicted octanol–water partition coefficient (Wildman–Crippen LogP) is 5.28. The van der Waals surface area contributed by atoms with Crippen molar-refractivity contribution in [3.8, 4) is 5.75 Å². The first kappa shape index (κ1) is 24.1. The Morgan fingerprint density at radius 3 is 2.56 bits per heavy atom. The molecule has 32 heavy (non-hydrogen) atoms. The molecule has 0 bridgehead atoms. The van der Waals surface area contributed by atoms with E-state index in [1.807, 2.05) is 50.2 Å². The minimum absolute atomic E-state index is 0.0850. The summed E-state index contributed by atoms with van der Waals surface area (Å²) in [6.45, 7) is 4.13. The largest absolute Gasteiger partial charge is 0.482 e. The quantitative estimate of drug-likeness (QED) is 0.558. The van der Waals surface area contributed by atoms with E-state index in [1.54, 1.807) is 17.0 Å². The zero-order chi connectivity index (χ0) is 22.9. The highest BCUT2D eigenvalue weighted by molar-refractivity contribution is 6.32. The zero-order valence-corrected chi connectivity index (χ0v) is 19.7. The molecule has 0 aromatic heterocycles. The van der Waals surface area contributed by atoms with E-state index in [1.165, 1.54) is 6.42 Å². The molecular weight excluding hydrogens is 424 g/mol. The number of nitrogens with one attached hydrogen (secondary N) is 1. The number of ether oxygens (including phenoxy) is 1. The lowest BCUT2D eigenvalue weighted by atomic mass is 9.95. The van der Waals surface area contributed by atoms with Gasteiger partial charge < -0.3 is 15.0 Å². The smallest absolute Gasteiger partial charge is 0.261 e. The van der Waals surface area contributed by atoms with Crippen LogP contribution in [0.1, 0.15) is 56.6 Å². The number of hydrogen-bond donors (Lipinski definition) is 1. The Bertz CT molecular complexity index is 911. The molecular formula is C26H33ClN2O3. The Kier molecular flexibility index (Phi) is 8.98. The van der Waals surface area contributed by atoms with E-state index in [9.17, 15) is 9.59 Å². The molecule has 1 aliphatic rings. The minimum atomic E-state index is -0.556. The van der Waals surface area contributed by atoms with Crippen LogP contribution in [-0.4, -0.2) is 35.4 Å². The van der Waals surface area contributed by atoms with E-state index in [2.05, 4.69) is 5.32 Å². The van der Waals surface area contributed by atoms with Crippen LogP contribution in [0.5, 0.6) is 5.75 Å². The lowest BCUT2D eigenvalue weighted by molar-refractivity contribution is -0.143. The summed E-state index contributed by atoms with van der Waals surface area (Å²) in [5.74, 6) is 0.132. The second-order valence-electron chi connectivity index (χ2n) is 8.50. The molecule has 0 unspecified atom stereocenters. The molecule has 1 N–H and O–H groups in total. The molecule has 2 aromatic carbocycles. The van der Waals surface area contributed by atoms with Crippen molar-refractivity contribution in [1.82, 2.24) is 10.2 Å². The number of benzene rings is 2. The van der Waals surface area contributed by atoms with Gasteiger partial charge in [-0.3, -0.25) is 9.59 Å². The minimum Gasteiger partial charge on any atom is -0.482 e. The maximum atomic E-state index is 13.3. The van der Waals surface area contributed by atoms with Gasteiger partial charge in [0.25, 0.3) is 5.91 Å². The van der Waals surface area contributed by atoms with Crippen LogP contribution in [0.3, 0.4) is 0 Å². The zero-order valence-electron chi connectivity index (χ0n) is 19.0. The van der Waals surface area contributed by atoms with E-state index in [4.69, 9.17) is 16.3 Å². The average Bonchev–Trinajstić information content (AvgIpc) is 2.79. The Hall–Kier alpha value is -2.53. The summed E-state index contributed by atoms with van der Waals surface area (Å²) in [4.78, 5) is 28.1. The average molecular weight is 457 g/mol. The SMILES string of the molecule is CC[C@H](C(=O)NC1CCCCC1)N(Cc1cccc(C)c1)C(=O)COc1ccccc1Cl. The first-order chi connectivity index (χ1) is 15.5. The van der Waals surface area contributed by atoms with Crippen molar-refractivity contribution in [2.45, 2.75) is 71.0 Å². The van der Waals surface area contributed by atoms with Gasteiger partial charge >= 0.3 is 0 Å². The summed E-state index contributed by atoms with van der Waals surface area (Å²) < 4.78 is 5.71. The van der Waals surface area contributed by atoms with Gasteiger partial charge in [0.05, 0.1) is 5.02 Å². The predicted molar refractivity (Wildman–Crippen MR) is 128 cm³/mol. The fraction of sp³-hybridized carbons (Fsp3) is 0.462. The molecule has 1 atom stereocenters. The standard InChI is InChI=1S/C26H33ClN2O3/c1-3-23(26(31)28-21-12-5-4-6-13-21)29(17-20-11-9-10-19(2)16-20)25(30)18-32-24-15-8-7-14-22(24)27/h7-11,14-16,21,23H,3-6,12-13,17-18H2,1-2H3,(H,28,31)/t23-/m1/s1. The Morgan fingerprint density at radius 1 is 1.12 bits per heavy atom. The number of halogens is 1. The van der Waals surface area contributed by atoms with Crippen molar-refractivity contribution in [2.75, 3.05) is 6.61 Å². The molecule has 2 amide bonds.